The third-order valence-corrected chi connectivity index (χ3v) is 2.36. The Balaban J connectivity index is 2.61. The van der Waals surface area contributed by atoms with Gasteiger partial charge in [0.25, 0.3) is 0 Å². The van der Waals surface area contributed by atoms with Crippen LogP contribution in [0.25, 0.3) is 0 Å². The van der Waals surface area contributed by atoms with Gasteiger partial charge in [0.05, 0.1) is 0 Å². The van der Waals surface area contributed by atoms with Gasteiger partial charge in [-0.05, 0) is 24.5 Å². The van der Waals surface area contributed by atoms with Crippen LogP contribution < -0.4 is 5.32 Å². The lowest BCUT2D eigenvalue weighted by atomic mass is 9.88. The molecular weight excluding hydrogens is 160 g/mol. The highest BCUT2D eigenvalue weighted by molar-refractivity contribution is 5.41. The normalized spacial score (nSPS) is 13.8. The molecule has 0 aliphatic rings. The molecule has 0 radical (unpaired) electrons. The molecule has 2 heteroatoms. The summed E-state index contributed by atoms with van der Waals surface area (Å²) in [4.78, 5) is 3.97. The van der Waals surface area contributed by atoms with Crippen molar-refractivity contribution in [2.45, 2.75) is 33.7 Å². The molecule has 1 heterocycles. The van der Waals surface area contributed by atoms with Gasteiger partial charge in [-0.1, -0.05) is 20.8 Å². The molecule has 0 aliphatic carbocycles. The van der Waals surface area contributed by atoms with Gasteiger partial charge >= 0.3 is 0 Å². The largest absolute Gasteiger partial charge is 0.382 e. The first-order valence-corrected chi connectivity index (χ1v) is 4.67. The maximum absolute atomic E-state index is 3.97. The summed E-state index contributed by atoms with van der Waals surface area (Å²) >= 11 is 0. The van der Waals surface area contributed by atoms with Gasteiger partial charge in [0, 0.05) is 24.1 Å². The van der Waals surface area contributed by atoms with Crippen LogP contribution >= 0.6 is 0 Å². The minimum atomic E-state index is 0.281. The van der Waals surface area contributed by atoms with E-state index in [1.165, 1.54) is 0 Å². The molecule has 0 aromatic carbocycles. The molecule has 1 rings (SSSR count). The number of rotatable bonds is 2. The predicted octanol–water partition coefficient (Wildman–Crippen LogP) is 2.93. The maximum atomic E-state index is 3.97. The average molecular weight is 178 g/mol. The zero-order chi connectivity index (χ0) is 9.90. The van der Waals surface area contributed by atoms with Gasteiger partial charge < -0.3 is 5.32 Å². The number of hydrogen-bond acceptors (Lipinski definition) is 2. The fourth-order valence-corrected chi connectivity index (χ4v) is 0.915. The van der Waals surface area contributed by atoms with Crippen molar-refractivity contribution < 1.29 is 0 Å². The Hall–Kier alpha value is -1.05. The molecule has 13 heavy (non-hydrogen) atoms. The van der Waals surface area contributed by atoms with Crippen molar-refractivity contribution in [1.82, 2.24) is 4.98 Å². The third kappa shape index (κ3) is 3.05. The highest BCUT2D eigenvalue weighted by Crippen LogP contribution is 2.22. The number of aromatic nitrogens is 1. The van der Waals surface area contributed by atoms with Crippen LogP contribution in [0.4, 0.5) is 5.69 Å². The lowest BCUT2D eigenvalue weighted by molar-refractivity contribution is 0.359. The molecule has 1 unspecified atom stereocenters. The van der Waals surface area contributed by atoms with Crippen LogP contribution in [-0.4, -0.2) is 11.0 Å². The van der Waals surface area contributed by atoms with E-state index in [0.29, 0.717) is 6.04 Å². The first kappa shape index (κ1) is 10.0. The van der Waals surface area contributed by atoms with Gasteiger partial charge in [0.2, 0.25) is 0 Å². The Labute approximate surface area is 80.4 Å². The summed E-state index contributed by atoms with van der Waals surface area (Å²) < 4.78 is 0. The monoisotopic (exact) mass is 178 g/mol. The smallest absolute Gasteiger partial charge is 0.0373 e. The number of nitrogens with one attached hydrogen (secondary N) is 1. The van der Waals surface area contributed by atoms with E-state index < -0.39 is 0 Å². The van der Waals surface area contributed by atoms with E-state index in [9.17, 15) is 0 Å². The Morgan fingerprint density at radius 2 is 1.77 bits per heavy atom. The average Bonchev–Trinajstić information content (AvgIpc) is 2.04. The minimum Gasteiger partial charge on any atom is -0.382 e. The predicted molar refractivity (Wildman–Crippen MR) is 56.8 cm³/mol. The molecule has 2 nitrogen and oxygen atoms in total. The topological polar surface area (TPSA) is 24.9 Å². The molecule has 0 amide bonds. The fourth-order valence-electron chi connectivity index (χ4n) is 0.915. The fraction of sp³-hybridized carbons (Fsp3) is 0.545. The second kappa shape index (κ2) is 3.77. The summed E-state index contributed by atoms with van der Waals surface area (Å²) in [5.41, 5.74) is 1.42. The van der Waals surface area contributed by atoms with Crippen molar-refractivity contribution in [2.75, 3.05) is 5.32 Å². The van der Waals surface area contributed by atoms with Crippen molar-refractivity contribution in [3.05, 3.63) is 24.5 Å². The second-order valence-electron chi connectivity index (χ2n) is 4.47. The van der Waals surface area contributed by atoms with Crippen molar-refractivity contribution in [3.63, 3.8) is 0 Å². The summed E-state index contributed by atoms with van der Waals surface area (Å²) in [5.74, 6) is 0. The highest BCUT2D eigenvalue weighted by Gasteiger charge is 2.19. The van der Waals surface area contributed by atoms with Crippen LogP contribution in [0, 0.1) is 5.41 Å². The van der Waals surface area contributed by atoms with Crippen molar-refractivity contribution >= 4 is 5.69 Å². The summed E-state index contributed by atoms with van der Waals surface area (Å²) in [6.07, 6.45) is 3.61. The van der Waals surface area contributed by atoms with Gasteiger partial charge in [-0.25, -0.2) is 0 Å². The number of nitrogens with zero attached hydrogens (tertiary/aromatic N) is 1. The molecule has 0 bridgehead atoms. The van der Waals surface area contributed by atoms with Crippen molar-refractivity contribution in [2.24, 2.45) is 5.41 Å². The molecule has 0 aliphatic heterocycles. The van der Waals surface area contributed by atoms with E-state index in [0.717, 1.165) is 5.69 Å². The van der Waals surface area contributed by atoms with Gasteiger partial charge in [-0.15, -0.1) is 0 Å². The van der Waals surface area contributed by atoms with E-state index >= 15 is 0 Å². The Kier molecular flexibility index (Phi) is 2.91. The number of hydrogen-bond donors (Lipinski definition) is 1. The van der Waals surface area contributed by atoms with E-state index in [-0.39, 0.29) is 5.41 Å². The highest BCUT2D eigenvalue weighted by atomic mass is 14.9. The van der Waals surface area contributed by atoms with E-state index in [1.807, 2.05) is 12.1 Å². The van der Waals surface area contributed by atoms with Gasteiger partial charge in [-0.2, -0.15) is 0 Å². The lowest BCUT2D eigenvalue weighted by Gasteiger charge is -2.28. The van der Waals surface area contributed by atoms with E-state index in [1.54, 1.807) is 12.4 Å². The van der Waals surface area contributed by atoms with Crippen LogP contribution in [-0.2, 0) is 0 Å². The molecule has 0 saturated heterocycles. The molecule has 0 spiro atoms. The van der Waals surface area contributed by atoms with Crippen molar-refractivity contribution in [3.8, 4) is 0 Å². The van der Waals surface area contributed by atoms with Crippen LogP contribution in [0.2, 0.25) is 0 Å². The summed E-state index contributed by atoms with van der Waals surface area (Å²) in [5, 5.41) is 3.44. The standard InChI is InChI=1S/C11H18N2/c1-9(11(2,3)4)13-10-5-7-12-8-6-10/h5-9H,1-4H3,(H,12,13). The second-order valence-corrected chi connectivity index (χ2v) is 4.47. The molecule has 1 aromatic rings. The first-order chi connectivity index (χ1) is 6.00. The zero-order valence-corrected chi connectivity index (χ0v) is 8.83. The SMILES string of the molecule is CC(Nc1ccncc1)C(C)(C)C. The molecule has 1 N–H and O–H groups in total. The molecule has 72 valence electrons. The third-order valence-electron chi connectivity index (χ3n) is 2.36. The quantitative estimate of drug-likeness (QED) is 0.753. The molecule has 0 saturated carbocycles. The molecule has 0 fully saturated rings. The molecule has 1 aromatic heterocycles. The van der Waals surface area contributed by atoms with Gasteiger partial charge in [-0.3, -0.25) is 4.98 Å². The molecular formula is C11H18N2. The Morgan fingerprint density at radius 1 is 1.23 bits per heavy atom. The minimum absolute atomic E-state index is 0.281. The number of anilines is 1. The van der Waals surface area contributed by atoms with E-state index in [2.05, 4.69) is 38.0 Å². The maximum Gasteiger partial charge on any atom is 0.0373 e. The summed E-state index contributed by atoms with van der Waals surface area (Å²) in [7, 11) is 0. The van der Waals surface area contributed by atoms with Gasteiger partial charge in [0.15, 0.2) is 0 Å². The van der Waals surface area contributed by atoms with Gasteiger partial charge in [0.1, 0.15) is 0 Å². The van der Waals surface area contributed by atoms with E-state index in [4.69, 9.17) is 0 Å². The van der Waals surface area contributed by atoms with Crippen molar-refractivity contribution in [1.29, 1.82) is 0 Å². The Morgan fingerprint density at radius 3 is 2.23 bits per heavy atom. The lowest BCUT2D eigenvalue weighted by Crippen LogP contribution is -2.30. The van der Waals surface area contributed by atoms with Crippen LogP contribution in [0.5, 0.6) is 0 Å². The summed E-state index contributed by atoms with van der Waals surface area (Å²) in [6, 6.07) is 4.43. The zero-order valence-electron chi connectivity index (χ0n) is 8.83. The number of pyridine rings is 1. The van der Waals surface area contributed by atoms with Crippen LogP contribution in [0.3, 0.4) is 0 Å². The van der Waals surface area contributed by atoms with Crippen LogP contribution in [0.15, 0.2) is 24.5 Å². The summed E-state index contributed by atoms with van der Waals surface area (Å²) in [6.45, 7) is 8.88. The van der Waals surface area contributed by atoms with Crippen LogP contribution in [0.1, 0.15) is 27.7 Å². The molecule has 1 atom stereocenters. The first-order valence-electron chi connectivity index (χ1n) is 4.67. The Bertz CT molecular complexity index is 249.